The summed E-state index contributed by atoms with van der Waals surface area (Å²) in [4.78, 5) is 18.1. The molecule has 3 heterocycles. The van der Waals surface area contributed by atoms with E-state index in [1.54, 1.807) is 41.5 Å². The Labute approximate surface area is 240 Å². The maximum atomic E-state index is 13.4. The van der Waals surface area contributed by atoms with Gasteiger partial charge in [0, 0.05) is 43.7 Å². The van der Waals surface area contributed by atoms with Gasteiger partial charge in [-0.2, -0.15) is 0 Å². The summed E-state index contributed by atoms with van der Waals surface area (Å²) in [5, 5.41) is 15.2. The summed E-state index contributed by atoms with van der Waals surface area (Å²) in [5.41, 5.74) is 3.10. The monoisotopic (exact) mass is 591 g/mol. The Morgan fingerprint density at radius 1 is 1.41 bits per heavy atom. The summed E-state index contributed by atoms with van der Waals surface area (Å²) in [6.45, 7) is 9.09. The fourth-order valence-corrected chi connectivity index (χ4v) is 7.68. The standard InChI is InChI=1S/C27H34ClN5O4S2/c1-6-33(29)19-10-9-18(16(2)23(19)30-5)22(27(3,4)26(34)35)20-14-17(24(28)38-20)15-32-12-13-37-25-21(39(32)36)8-7-11-31-25/h7-11,14,22,30H,6,12-13,15,29H2,1-5H3,(H,34,35). The van der Waals surface area contributed by atoms with Gasteiger partial charge in [-0.05, 0) is 68.7 Å². The number of anilines is 2. The number of carboxylic acids is 1. The molecule has 210 valence electrons. The van der Waals surface area contributed by atoms with Crippen molar-refractivity contribution in [3.8, 4) is 5.88 Å². The maximum Gasteiger partial charge on any atom is 0.310 e. The van der Waals surface area contributed by atoms with Crippen LogP contribution in [0.25, 0.3) is 0 Å². The fourth-order valence-electron chi connectivity index (χ4n) is 4.86. The van der Waals surface area contributed by atoms with Crippen LogP contribution in [-0.2, 0) is 22.3 Å². The van der Waals surface area contributed by atoms with E-state index in [2.05, 4.69) is 10.3 Å². The minimum Gasteiger partial charge on any atom is -0.481 e. The Hall–Kier alpha value is -2.70. The highest BCUT2D eigenvalue weighted by Gasteiger charge is 2.41. The number of nitrogens with zero attached hydrogens (tertiary/aromatic N) is 3. The van der Waals surface area contributed by atoms with Crippen LogP contribution in [0.1, 0.15) is 48.3 Å². The van der Waals surface area contributed by atoms with Crippen LogP contribution >= 0.6 is 22.9 Å². The molecular weight excluding hydrogens is 558 g/mol. The van der Waals surface area contributed by atoms with Crippen molar-refractivity contribution in [2.24, 2.45) is 11.3 Å². The van der Waals surface area contributed by atoms with E-state index >= 15 is 0 Å². The van der Waals surface area contributed by atoms with E-state index in [9.17, 15) is 14.1 Å². The number of thiophene rings is 1. The Balaban J connectivity index is 1.76. The van der Waals surface area contributed by atoms with Crippen molar-refractivity contribution in [1.82, 2.24) is 9.29 Å². The van der Waals surface area contributed by atoms with Gasteiger partial charge in [-0.15, -0.1) is 11.3 Å². The average molecular weight is 592 g/mol. The number of aliphatic carboxylic acids is 1. The van der Waals surface area contributed by atoms with Crippen LogP contribution in [0.5, 0.6) is 5.88 Å². The summed E-state index contributed by atoms with van der Waals surface area (Å²) in [6, 6.07) is 9.30. The van der Waals surface area contributed by atoms with Crippen molar-refractivity contribution in [2.45, 2.75) is 45.1 Å². The number of benzene rings is 1. The number of carbonyl (C=O) groups is 1. The van der Waals surface area contributed by atoms with E-state index in [0.717, 1.165) is 32.9 Å². The Morgan fingerprint density at radius 3 is 2.82 bits per heavy atom. The van der Waals surface area contributed by atoms with E-state index in [1.165, 1.54) is 11.3 Å². The largest absolute Gasteiger partial charge is 0.481 e. The minimum atomic E-state index is -1.48. The van der Waals surface area contributed by atoms with E-state index in [0.29, 0.717) is 41.4 Å². The predicted molar refractivity (Wildman–Crippen MR) is 157 cm³/mol. The molecule has 12 heteroatoms. The molecule has 0 bridgehead atoms. The number of aromatic nitrogens is 1. The molecule has 2 aromatic heterocycles. The quantitative estimate of drug-likeness (QED) is 0.235. The zero-order valence-corrected chi connectivity index (χ0v) is 25.0. The third-order valence-electron chi connectivity index (χ3n) is 7.11. The van der Waals surface area contributed by atoms with Crippen LogP contribution < -0.4 is 20.9 Å². The van der Waals surface area contributed by atoms with E-state index < -0.39 is 28.3 Å². The molecule has 0 radical (unpaired) electrons. The summed E-state index contributed by atoms with van der Waals surface area (Å²) in [7, 11) is 0.344. The number of hydrogen-bond donors (Lipinski definition) is 3. The third kappa shape index (κ3) is 5.64. The first-order chi connectivity index (χ1) is 18.5. The molecule has 0 fully saturated rings. The van der Waals surface area contributed by atoms with Crippen molar-refractivity contribution < 1.29 is 18.8 Å². The topological polar surface area (TPSA) is 121 Å². The van der Waals surface area contributed by atoms with Crippen molar-refractivity contribution in [3.63, 3.8) is 0 Å². The average Bonchev–Trinajstić information content (AvgIpc) is 3.18. The first-order valence-electron chi connectivity index (χ1n) is 12.6. The molecule has 0 spiro atoms. The normalized spacial score (nSPS) is 16.6. The highest BCUT2D eigenvalue weighted by atomic mass is 35.5. The van der Waals surface area contributed by atoms with Crippen LogP contribution in [-0.4, -0.2) is 51.3 Å². The lowest BCUT2D eigenvalue weighted by Crippen LogP contribution is -2.33. The van der Waals surface area contributed by atoms with Crippen molar-refractivity contribution in [1.29, 1.82) is 0 Å². The molecule has 0 saturated heterocycles. The van der Waals surface area contributed by atoms with E-state index in [1.807, 2.05) is 39.1 Å². The number of fused-ring (bicyclic) bond motifs is 1. The van der Waals surface area contributed by atoms with Crippen LogP contribution in [0.3, 0.4) is 0 Å². The molecule has 0 saturated carbocycles. The number of nitrogens with two attached hydrogens (primary N) is 1. The molecule has 1 aliphatic rings. The lowest BCUT2D eigenvalue weighted by atomic mass is 9.72. The zero-order valence-electron chi connectivity index (χ0n) is 22.7. The van der Waals surface area contributed by atoms with Crippen LogP contribution in [0, 0.1) is 12.3 Å². The van der Waals surface area contributed by atoms with Gasteiger partial charge in [0.1, 0.15) is 22.5 Å². The third-order valence-corrected chi connectivity index (χ3v) is 10.1. The molecule has 4 N–H and O–H groups in total. The molecule has 3 aromatic rings. The maximum absolute atomic E-state index is 13.4. The molecule has 2 unspecified atom stereocenters. The summed E-state index contributed by atoms with van der Waals surface area (Å²) < 4.78 is 21.4. The lowest BCUT2D eigenvalue weighted by molar-refractivity contribution is -0.147. The van der Waals surface area contributed by atoms with Crippen LogP contribution in [0.4, 0.5) is 11.4 Å². The number of pyridine rings is 1. The molecule has 9 nitrogen and oxygen atoms in total. The van der Waals surface area contributed by atoms with Crippen molar-refractivity contribution in [2.75, 3.05) is 37.1 Å². The summed E-state index contributed by atoms with van der Waals surface area (Å²) >= 11 is 8.12. The van der Waals surface area contributed by atoms with Crippen molar-refractivity contribution in [3.05, 3.63) is 62.4 Å². The molecule has 1 aliphatic heterocycles. The van der Waals surface area contributed by atoms with Crippen LogP contribution in [0.15, 0.2) is 41.4 Å². The molecule has 1 aromatic carbocycles. The van der Waals surface area contributed by atoms with E-state index in [4.69, 9.17) is 22.2 Å². The van der Waals surface area contributed by atoms with Gasteiger partial charge in [0.2, 0.25) is 5.88 Å². The lowest BCUT2D eigenvalue weighted by Gasteiger charge is -2.33. The first kappa shape index (κ1) is 29.3. The van der Waals surface area contributed by atoms with Crippen LogP contribution in [0.2, 0.25) is 4.34 Å². The number of nitrogens with one attached hydrogen (secondary N) is 1. The number of hydrazine groups is 1. The van der Waals surface area contributed by atoms with Gasteiger partial charge in [0.15, 0.2) is 0 Å². The second-order valence-electron chi connectivity index (χ2n) is 9.89. The molecular formula is C27H34ClN5O4S2. The number of rotatable bonds is 9. The molecule has 0 aliphatic carbocycles. The number of ether oxygens (including phenoxy) is 1. The second kappa shape index (κ2) is 11.8. The molecule has 4 rings (SSSR count). The Morgan fingerprint density at radius 2 is 2.15 bits per heavy atom. The SMILES string of the molecule is CCN(N)c1ccc(C(c2cc(CN3CCOc4ncccc4S3=O)c(Cl)s2)C(C)(C)C(=O)O)c(C)c1NC. The van der Waals surface area contributed by atoms with Gasteiger partial charge in [-0.1, -0.05) is 17.7 Å². The number of carboxylic acid groups (broad SMARTS) is 1. The number of hydrogen-bond acceptors (Lipinski definition) is 8. The minimum absolute atomic E-state index is 0.318. The van der Waals surface area contributed by atoms with E-state index in [-0.39, 0.29) is 0 Å². The van der Waals surface area contributed by atoms with Gasteiger partial charge in [-0.25, -0.2) is 19.3 Å². The Bertz CT molecular complexity index is 1400. The zero-order chi connectivity index (χ0) is 28.5. The van der Waals surface area contributed by atoms with Gasteiger partial charge >= 0.3 is 5.97 Å². The predicted octanol–water partition coefficient (Wildman–Crippen LogP) is 5.01. The molecule has 2 atom stereocenters. The second-order valence-corrected chi connectivity index (χ2v) is 13.0. The highest BCUT2D eigenvalue weighted by Crippen LogP contribution is 2.48. The first-order valence-corrected chi connectivity index (χ1v) is 14.9. The van der Waals surface area contributed by atoms with Gasteiger partial charge in [0.05, 0.1) is 21.1 Å². The van der Waals surface area contributed by atoms with Gasteiger partial charge in [0.25, 0.3) is 0 Å². The molecule has 39 heavy (non-hydrogen) atoms. The van der Waals surface area contributed by atoms with Crippen molar-refractivity contribution >= 4 is 51.3 Å². The molecule has 0 amide bonds. The fraction of sp³-hybridized carbons (Fsp3) is 0.407. The summed E-state index contributed by atoms with van der Waals surface area (Å²) in [5.74, 6) is 5.17. The highest BCUT2D eigenvalue weighted by molar-refractivity contribution is 7.82. The smallest absolute Gasteiger partial charge is 0.310 e. The number of halogens is 1. The Kier molecular flexibility index (Phi) is 8.87. The summed E-state index contributed by atoms with van der Waals surface area (Å²) in [6.07, 6.45) is 1.61. The van der Waals surface area contributed by atoms with Gasteiger partial charge < -0.3 is 20.2 Å². The van der Waals surface area contributed by atoms with Gasteiger partial charge in [-0.3, -0.25) is 4.79 Å².